The Labute approximate surface area is 88.4 Å². The van der Waals surface area contributed by atoms with Crippen LogP contribution in [0.15, 0.2) is 0 Å². The van der Waals surface area contributed by atoms with Crippen molar-refractivity contribution in [3.05, 3.63) is 0 Å². The van der Waals surface area contributed by atoms with Gasteiger partial charge in [-0.2, -0.15) is 0 Å². The fourth-order valence-corrected chi connectivity index (χ4v) is 1.56. The van der Waals surface area contributed by atoms with Gasteiger partial charge in [-0.15, -0.1) is 0 Å². The van der Waals surface area contributed by atoms with Crippen LogP contribution >= 0.6 is 0 Å². The number of aliphatic carboxylic acids is 1. The first kappa shape index (κ1) is 12.4. The Balaban J connectivity index is 2.32. The first-order chi connectivity index (χ1) is 7.13. The zero-order valence-electron chi connectivity index (χ0n) is 8.76. The number of carboxylic acids is 1. The molecule has 0 aromatic heterocycles. The van der Waals surface area contributed by atoms with Crippen molar-refractivity contribution >= 4 is 5.97 Å². The number of ether oxygens (including phenoxy) is 2. The summed E-state index contributed by atoms with van der Waals surface area (Å²) >= 11 is 0. The molecule has 15 heavy (non-hydrogen) atoms. The Kier molecular flexibility index (Phi) is 4.97. The summed E-state index contributed by atoms with van der Waals surface area (Å²) in [6.45, 7) is 2.02. The second-order valence-corrected chi connectivity index (χ2v) is 3.57. The Morgan fingerprint density at radius 1 is 1.73 bits per heavy atom. The average molecular weight is 219 g/mol. The lowest BCUT2D eigenvalue weighted by molar-refractivity contribution is -0.156. The molecule has 1 fully saturated rings. The van der Waals surface area contributed by atoms with E-state index in [1.165, 1.54) is 7.11 Å². The van der Waals surface area contributed by atoms with Crippen molar-refractivity contribution < 1.29 is 24.5 Å². The van der Waals surface area contributed by atoms with Gasteiger partial charge in [0.05, 0.1) is 19.3 Å². The molecule has 1 aliphatic heterocycles. The van der Waals surface area contributed by atoms with Gasteiger partial charge in [-0.25, -0.2) is 4.79 Å². The van der Waals surface area contributed by atoms with Crippen molar-refractivity contribution in [3.63, 3.8) is 0 Å². The van der Waals surface area contributed by atoms with Crippen LogP contribution in [0.4, 0.5) is 0 Å². The van der Waals surface area contributed by atoms with E-state index in [1.54, 1.807) is 0 Å². The van der Waals surface area contributed by atoms with Crippen LogP contribution in [0, 0.1) is 0 Å². The summed E-state index contributed by atoms with van der Waals surface area (Å²) in [6.07, 6.45) is -1.36. The number of rotatable bonds is 5. The maximum absolute atomic E-state index is 10.7. The maximum Gasteiger partial charge on any atom is 0.334 e. The highest BCUT2D eigenvalue weighted by Crippen LogP contribution is 2.06. The summed E-state index contributed by atoms with van der Waals surface area (Å²) in [5, 5.41) is 18.2. The van der Waals surface area contributed by atoms with Crippen LogP contribution in [0.5, 0.6) is 0 Å². The second-order valence-electron chi connectivity index (χ2n) is 3.57. The van der Waals surface area contributed by atoms with E-state index in [1.807, 2.05) is 4.90 Å². The molecule has 0 aromatic carbocycles. The molecule has 0 bridgehead atoms. The fourth-order valence-electron chi connectivity index (χ4n) is 1.56. The third kappa shape index (κ3) is 4.13. The molecule has 88 valence electrons. The van der Waals surface area contributed by atoms with Crippen LogP contribution in [0.1, 0.15) is 0 Å². The standard InChI is InChI=1S/C9H17NO5/c1-14-6-7(11)4-10-2-3-15-8(5-10)9(12)13/h7-8,11H,2-6H2,1H3,(H,12,13). The van der Waals surface area contributed by atoms with Gasteiger partial charge in [0, 0.05) is 26.7 Å². The summed E-state index contributed by atoms with van der Waals surface area (Å²) < 4.78 is 9.85. The quantitative estimate of drug-likeness (QED) is 0.603. The van der Waals surface area contributed by atoms with Gasteiger partial charge in [-0.1, -0.05) is 0 Å². The molecule has 0 aliphatic carbocycles. The lowest BCUT2D eigenvalue weighted by Gasteiger charge is -2.31. The van der Waals surface area contributed by atoms with Crippen LogP contribution in [-0.4, -0.2) is 73.2 Å². The molecule has 1 saturated heterocycles. The molecule has 0 aromatic rings. The molecule has 2 atom stereocenters. The van der Waals surface area contributed by atoms with E-state index in [0.29, 0.717) is 26.2 Å². The summed E-state index contributed by atoms with van der Waals surface area (Å²) in [7, 11) is 1.52. The lowest BCUT2D eigenvalue weighted by Crippen LogP contribution is -2.48. The first-order valence-corrected chi connectivity index (χ1v) is 4.87. The summed E-state index contributed by atoms with van der Waals surface area (Å²) in [5.41, 5.74) is 0. The topological polar surface area (TPSA) is 79.2 Å². The summed E-state index contributed by atoms with van der Waals surface area (Å²) in [4.78, 5) is 12.5. The number of aliphatic hydroxyl groups is 1. The number of carbonyl (C=O) groups is 1. The highest BCUT2D eigenvalue weighted by molar-refractivity contribution is 5.72. The lowest BCUT2D eigenvalue weighted by atomic mass is 10.2. The van der Waals surface area contributed by atoms with Crippen molar-refractivity contribution in [2.24, 2.45) is 0 Å². The predicted molar refractivity (Wildman–Crippen MR) is 51.7 cm³/mol. The number of methoxy groups -OCH3 is 1. The van der Waals surface area contributed by atoms with Gasteiger partial charge in [-0.3, -0.25) is 4.90 Å². The zero-order valence-corrected chi connectivity index (χ0v) is 8.76. The van der Waals surface area contributed by atoms with E-state index in [-0.39, 0.29) is 6.61 Å². The molecule has 0 spiro atoms. The smallest absolute Gasteiger partial charge is 0.334 e. The number of nitrogens with zero attached hydrogens (tertiary/aromatic N) is 1. The largest absolute Gasteiger partial charge is 0.479 e. The van der Waals surface area contributed by atoms with Crippen molar-refractivity contribution in [2.45, 2.75) is 12.2 Å². The molecule has 6 nitrogen and oxygen atoms in total. The molecule has 0 amide bonds. The Bertz CT molecular complexity index is 211. The number of morpholine rings is 1. The van der Waals surface area contributed by atoms with Crippen molar-refractivity contribution in [1.82, 2.24) is 4.90 Å². The van der Waals surface area contributed by atoms with Crippen LogP contribution in [0.2, 0.25) is 0 Å². The number of β-amino-alcohol motifs (C(OH)–C–C–N with tert-alkyl or cyclic N) is 1. The van der Waals surface area contributed by atoms with E-state index in [9.17, 15) is 9.90 Å². The minimum Gasteiger partial charge on any atom is -0.479 e. The number of aliphatic hydroxyl groups excluding tert-OH is 1. The maximum atomic E-state index is 10.7. The average Bonchev–Trinajstić information content (AvgIpc) is 2.18. The van der Waals surface area contributed by atoms with Crippen LogP contribution in [0.25, 0.3) is 0 Å². The molecule has 0 radical (unpaired) electrons. The molecule has 6 heteroatoms. The molecular weight excluding hydrogens is 202 g/mol. The van der Waals surface area contributed by atoms with Gasteiger partial charge in [-0.05, 0) is 0 Å². The molecule has 2 unspecified atom stereocenters. The van der Waals surface area contributed by atoms with Gasteiger partial charge in [0.15, 0.2) is 6.10 Å². The van der Waals surface area contributed by atoms with Gasteiger partial charge >= 0.3 is 5.97 Å². The van der Waals surface area contributed by atoms with E-state index in [2.05, 4.69) is 0 Å². The molecule has 0 saturated carbocycles. The number of carboxylic acid groups (broad SMARTS) is 1. The highest BCUT2D eigenvalue weighted by Gasteiger charge is 2.26. The summed E-state index contributed by atoms with van der Waals surface area (Å²) in [6, 6.07) is 0. The Morgan fingerprint density at radius 2 is 2.47 bits per heavy atom. The fraction of sp³-hybridized carbons (Fsp3) is 0.889. The molecule has 2 N–H and O–H groups in total. The monoisotopic (exact) mass is 219 g/mol. The molecule has 1 heterocycles. The van der Waals surface area contributed by atoms with E-state index in [0.717, 1.165) is 0 Å². The van der Waals surface area contributed by atoms with Crippen LogP contribution in [-0.2, 0) is 14.3 Å². The predicted octanol–water partition coefficient (Wildman–Crippen LogP) is -1.22. The minimum absolute atomic E-state index is 0.259. The first-order valence-electron chi connectivity index (χ1n) is 4.87. The Morgan fingerprint density at radius 3 is 3.07 bits per heavy atom. The zero-order chi connectivity index (χ0) is 11.3. The van der Waals surface area contributed by atoms with E-state index >= 15 is 0 Å². The van der Waals surface area contributed by atoms with E-state index in [4.69, 9.17) is 14.6 Å². The van der Waals surface area contributed by atoms with Crippen molar-refractivity contribution in [2.75, 3.05) is 40.0 Å². The molecular formula is C9H17NO5. The highest BCUT2D eigenvalue weighted by atomic mass is 16.5. The van der Waals surface area contributed by atoms with Gasteiger partial charge in [0.1, 0.15) is 0 Å². The minimum atomic E-state index is -0.957. The molecule has 1 rings (SSSR count). The number of hydrogen-bond donors (Lipinski definition) is 2. The normalized spacial score (nSPS) is 25.1. The van der Waals surface area contributed by atoms with Crippen molar-refractivity contribution in [1.29, 1.82) is 0 Å². The number of hydrogen-bond acceptors (Lipinski definition) is 5. The van der Waals surface area contributed by atoms with Gasteiger partial charge in [0.25, 0.3) is 0 Å². The van der Waals surface area contributed by atoms with Crippen molar-refractivity contribution in [3.8, 4) is 0 Å². The second kappa shape index (κ2) is 6.02. The third-order valence-electron chi connectivity index (χ3n) is 2.25. The third-order valence-corrected chi connectivity index (χ3v) is 2.25. The van der Waals surface area contributed by atoms with Crippen LogP contribution in [0.3, 0.4) is 0 Å². The van der Waals surface area contributed by atoms with Gasteiger partial charge < -0.3 is 19.7 Å². The SMILES string of the molecule is COCC(O)CN1CCOC(C(=O)O)C1. The van der Waals surface area contributed by atoms with Crippen LogP contribution < -0.4 is 0 Å². The van der Waals surface area contributed by atoms with E-state index < -0.39 is 18.2 Å². The molecule has 1 aliphatic rings. The Hall–Kier alpha value is -0.690. The summed E-state index contributed by atoms with van der Waals surface area (Å²) in [5.74, 6) is -0.957. The van der Waals surface area contributed by atoms with Gasteiger partial charge in [0.2, 0.25) is 0 Å².